The summed E-state index contributed by atoms with van der Waals surface area (Å²) in [7, 11) is 0. The Morgan fingerprint density at radius 1 is 1.21 bits per heavy atom. The summed E-state index contributed by atoms with van der Waals surface area (Å²) in [6.45, 7) is 2.00. The number of aromatic nitrogens is 3. The number of nitrogens with two attached hydrogens (primary N) is 1. The van der Waals surface area contributed by atoms with Gasteiger partial charge in [-0.1, -0.05) is 65.3 Å². The highest BCUT2D eigenvalue weighted by molar-refractivity contribution is 7.99. The molecule has 1 unspecified atom stereocenters. The minimum absolute atomic E-state index is 0.0717. The number of halogens is 2. The second kappa shape index (κ2) is 10.0. The Labute approximate surface area is 183 Å². The van der Waals surface area contributed by atoms with Crippen molar-refractivity contribution in [3.05, 3.63) is 64.1 Å². The van der Waals surface area contributed by atoms with Gasteiger partial charge < -0.3 is 11.2 Å². The van der Waals surface area contributed by atoms with Gasteiger partial charge in [0.1, 0.15) is 0 Å². The van der Waals surface area contributed by atoms with Crippen molar-refractivity contribution in [3.63, 3.8) is 0 Å². The molecule has 1 atom stereocenters. The lowest BCUT2D eigenvalue weighted by molar-refractivity contribution is -0.119. The van der Waals surface area contributed by atoms with Crippen LogP contribution < -0.4 is 11.2 Å². The number of benzene rings is 2. The molecule has 6 nitrogen and oxygen atoms in total. The van der Waals surface area contributed by atoms with Crippen LogP contribution in [0.15, 0.2) is 53.7 Å². The number of nitrogens with one attached hydrogen (secondary N) is 1. The molecule has 3 rings (SSSR count). The first kappa shape index (κ1) is 21.5. The maximum Gasteiger partial charge on any atom is 0.230 e. The molecule has 1 amide bonds. The fourth-order valence-corrected chi connectivity index (χ4v) is 3.94. The van der Waals surface area contributed by atoms with E-state index in [1.54, 1.807) is 18.2 Å². The molecule has 3 N–H and O–H groups in total. The van der Waals surface area contributed by atoms with E-state index >= 15 is 0 Å². The third kappa shape index (κ3) is 5.88. The third-order valence-electron chi connectivity index (χ3n) is 4.29. The summed E-state index contributed by atoms with van der Waals surface area (Å²) in [5.74, 6) is 6.61. The molecule has 0 spiro atoms. The monoisotopic (exact) mass is 449 g/mol. The van der Waals surface area contributed by atoms with Crippen LogP contribution in [0.25, 0.3) is 11.4 Å². The van der Waals surface area contributed by atoms with Gasteiger partial charge in [-0.25, -0.2) is 4.68 Å². The number of carbonyl (C=O) groups is 1. The highest BCUT2D eigenvalue weighted by atomic mass is 35.5. The van der Waals surface area contributed by atoms with Crippen LogP contribution in [0.2, 0.25) is 10.0 Å². The van der Waals surface area contributed by atoms with Crippen LogP contribution in [0.3, 0.4) is 0 Å². The van der Waals surface area contributed by atoms with E-state index in [2.05, 4.69) is 27.6 Å². The molecule has 1 aromatic heterocycles. The lowest BCUT2D eigenvalue weighted by atomic mass is 10.1. The first-order valence-corrected chi connectivity index (χ1v) is 10.8. The Morgan fingerprint density at radius 3 is 2.69 bits per heavy atom. The molecule has 0 saturated heterocycles. The van der Waals surface area contributed by atoms with E-state index in [-0.39, 0.29) is 17.7 Å². The quantitative estimate of drug-likeness (QED) is 0.397. The zero-order valence-electron chi connectivity index (χ0n) is 15.8. The molecule has 29 heavy (non-hydrogen) atoms. The summed E-state index contributed by atoms with van der Waals surface area (Å²) in [6, 6.07) is 15.3. The van der Waals surface area contributed by atoms with Gasteiger partial charge in [-0.05, 0) is 43.5 Å². The van der Waals surface area contributed by atoms with Gasteiger partial charge in [-0.15, -0.1) is 10.2 Å². The summed E-state index contributed by atoms with van der Waals surface area (Å²) in [6.07, 6.45) is 1.78. The number of carbonyl (C=O) groups excluding carboxylic acids is 1. The largest absolute Gasteiger partial charge is 0.353 e. The molecule has 0 radical (unpaired) electrons. The van der Waals surface area contributed by atoms with Gasteiger partial charge in [0, 0.05) is 16.6 Å². The standard InChI is InChI=1S/C20H21Cl2N5OS/c1-13(7-8-14-5-3-2-4-6-14)24-18(28)12-29-20-26-25-19(27(20)23)16-10-9-15(21)11-17(16)22/h2-6,9-11,13H,7-8,12,23H2,1H3,(H,24,28). The highest BCUT2D eigenvalue weighted by Crippen LogP contribution is 2.30. The Kier molecular flexibility index (Phi) is 7.41. The van der Waals surface area contributed by atoms with Crippen LogP contribution in [0.1, 0.15) is 18.9 Å². The van der Waals surface area contributed by atoms with Crippen molar-refractivity contribution < 1.29 is 4.79 Å². The Morgan fingerprint density at radius 2 is 1.97 bits per heavy atom. The predicted octanol–water partition coefficient (Wildman–Crippen LogP) is 4.20. The van der Waals surface area contributed by atoms with Crippen molar-refractivity contribution in [3.8, 4) is 11.4 Å². The second-order valence-corrected chi connectivity index (χ2v) is 8.37. The molecule has 0 aliphatic rings. The third-order valence-corrected chi connectivity index (χ3v) is 5.78. The zero-order chi connectivity index (χ0) is 20.8. The lowest BCUT2D eigenvalue weighted by Gasteiger charge is -2.13. The Balaban J connectivity index is 1.52. The fourth-order valence-electron chi connectivity index (χ4n) is 2.78. The van der Waals surface area contributed by atoms with Crippen molar-refractivity contribution >= 4 is 40.9 Å². The molecular formula is C20H21Cl2N5OS. The van der Waals surface area contributed by atoms with Crippen molar-refractivity contribution in [2.75, 3.05) is 11.6 Å². The highest BCUT2D eigenvalue weighted by Gasteiger charge is 2.16. The number of thioether (sulfide) groups is 1. The van der Waals surface area contributed by atoms with Crippen LogP contribution in [-0.2, 0) is 11.2 Å². The zero-order valence-corrected chi connectivity index (χ0v) is 18.1. The van der Waals surface area contributed by atoms with E-state index < -0.39 is 0 Å². The minimum Gasteiger partial charge on any atom is -0.353 e. The van der Waals surface area contributed by atoms with E-state index in [0.717, 1.165) is 12.8 Å². The minimum atomic E-state index is -0.0790. The van der Waals surface area contributed by atoms with Crippen LogP contribution in [0, 0.1) is 0 Å². The smallest absolute Gasteiger partial charge is 0.230 e. The van der Waals surface area contributed by atoms with Crippen LogP contribution in [0.4, 0.5) is 0 Å². The fraction of sp³-hybridized carbons (Fsp3) is 0.250. The van der Waals surface area contributed by atoms with Gasteiger partial charge in [-0.2, -0.15) is 0 Å². The van der Waals surface area contributed by atoms with Crippen molar-refractivity contribution in [2.45, 2.75) is 31.0 Å². The number of aryl methyl sites for hydroxylation is 1. The summed E-state index contributed by atoms with van der Waals surface area (Å²) in [5, 5.41) is 12.5. The first-order valence-electron chi connectivity index (χ1n) is 9.06. The number of nitrogens with zero attached hydrogens (tertiary/aromatic N) is 3. The predicted molar refractivity (Wildman–Crippen MR) is 119 cm³/mol. The molecule has 0 aliphatic heterocycles. The molecule has 3 aromatic rings. The van der Waals surface area contributed by atoms with Gasteiger partial charge in [0.25, 0.3) is 0 Å². The van der Waals surface area contributed by atoms with Crippen LogP contribution in [0.5, 0.6) is 0 Å². The lowest BCUT2D eigenvalue weighted by Crippen LogP contribution is -2.34. The maximum absolute atomic E-state index is 12.3. The number of amides is 1. The normalized spacial score (nSPS) is 12.0. The van der Waals surface area contributed by atoms with E-state index in [0.29, 0.717) is 26.6 Å². The molecule has 0 saturated carbocycles. The molecule has 0 fully saturated rings. The van der Waals surface area contributed by atoms with Gasteiger partial charge in [0.05, 0.1) is 10.8 Å². The Bertz CT molecular complexity index is 980. The maximum atomic E-state index is 12.3. The average molecular weight is 450 g/mol. The van der Waals surface area contributed by atoms with Gasteiger partial charge in [-0.3, -0.25) is 4.79 Å². The van der Waals surface area contributed by atoms with Crippen molar-refractivity contribution in [1.82, 2.24) is 20.2 Å². The molecule has 0 aliphatic carbocycles. The summed E-state index contributed by atoms with van der Waals surface area (Å²) < 4.78 is 1.33. The van der Waals surface area contributed by atoms with E-state index in [9.17, 15) is 4.79 Å². The first-order chi connectivity index (χ1) is 13.9. The molecular weight excluding hydrogens is 429 g/mol. The van der Waals surface area contributed by atoms with Crippen LogP contribution >= 0.6 is 35.0 Å². The van der Waals surface area contributed by atoms with Crippen LogP contribution in [-0.4, -0.2) is 32.6 Å². The van der Waals surface area contributed by atoms with E-state index in [1.165, 1.54) is 22.0 Å². The number of hydrogen-bond acceptors (Lipinski definition) is 5. The average Bonchev–Trinajstić information content (AvgIpc) is 3.06. The van der Waals surface area contributed by atoms with Gasteiger partial charge in [0.15, 0.2) is 5.82 Å². The van der Waals surface area contributed by atoms with Gasteiger partial charge in [0.2, 0.25) is 11.1 Å². The number of hydrogen-bond donors (Lipinski definition) is 2. The molecule has 9 heteroatoms. The van der Waals surface area contributed by atoms with Crippen molar-refractivity contribution in [2.24, 2.45) is 0 Å². The molecule has 1 heterocycles. The summed E-state index contributed by atoms with van der Waals surface area (Å²) in [4.78, 5) is 12.3. The summed E-state index contributed by atoms with van der Waals surface area (Å²) >= 11 is 13.4. The topological polar surface area (TPSA) is 85.8 Å². The second-order valence-electron chi connectivity index (χ2n) is 6.58. The Hall–Kier alpha value is -2.22. The molecule has 0 bridgehead atoms. The molecule has 2 aromatic carbocycles. The number of nitrogen functional groups attached to an aromatic ring is 1. The van der Waals surface area contributed by atoms with E-state index in [4.69, 9.17) is 29.0 Å². The summed E-state index contributed by atoms with van der Waals surface area (Å²) in [5.41, 5.74) is 1.88. The SMILES string of the molecule is CC(CCc1ccccc1)NC(=O)CSc1nnc(-c2ccc(Cl)cc2Cl)n1N. The van der Waals surface area contributed by atoms with Gasteiger partial charge >= 0.3 is 0 Å². The number of rotatable bonds is 8. The molecule has 152 valence electrons. The van der Waals surface area contributed by atoms with E-state index in [1.807, 2.05) is 25.1 Å². The van der Waals surface area contributed by atoms with Crippen molar-refractivity contribution in [1.29, 1.82) is 0 Å².